The number of amides is 1. The molecule has 134 valence electrons. The summed E-state index contributed by atoms with van der Waals surface area (Å²) in [5.74, 6) is 2.41. The molecule has 1 amide bonds. The number of nitrogens with one attached hydrogen (secondary N) is 1. The minimum atomic E-state index is -0.323. The van der Waals surface area contributed by atoms with Crippen molar-refractivity contribution in [3.63, 3.8) is 0 Å². The summed E-state index contributed by atoms with van der Waals surface area (Å²) >= 11 is 1.36. The molecule has 1 N–H and O–H groups in total. The molecule has 1 aromatic heterocycles. The number of para-hydroxylation sites is 2. The predicted molar refractivity (Wildman–Crippen MR) is 94.9 cm³/mol. The molecule has 3 rings (SSSR count). The summed E-state index contributed by atoms with van der Waals surface area (Å²) in [7, 11) is 1.87. The molecular formula is C17H22N4O3S. The Morgan fingerprint density at radius 1 is 1.40 bits per heavy atom. The lowest BCUT2D eigenvalue weighted by Crippen LogP contribution is -2.33. The quantitative estimate of drug-likeness (QED) is 0.795. The number of carbonyl (C=O) groups excluding carboxylic acids is 1. The smallest absolute Gasteiger partial charge is 0.230 e. The molecule has 7 nitrogen and oxygen atoms in total. The number of aromatic nitrogens is 3. The summed E-state index contributed by atoms with van der Waals surface area (Å²) in [6.07, 6.45) is 0.584. The molecule has 0 spiro atoms. The zero-order chi connectivity index (χ0) is 17.8. The highest BCUT2D eigenvalue weighted by Gasteiger charge is 2.27. The number of ether oxygens (including phenoxy) is 2. The highest BCUT2D eigenvalue weighted by Crippen LogP contribution is 2.35. The molecule has 2 aromatic rings. The summed E-state index contributed by atoms with van der Waals surface area (Å²) in [6.45, 7) is 4.40. The summed E-state index contributed by atoms with van der Waals surface area (Å²) in [5.41, 5.74) is 0. The first kappa shape index (κ1) is 17.6. The first-order valence-electron chi connectivity index (χ1n) is 8.28. The molecular weight excluding hydrogens is 340 g/mol. The Bertz CT molecular complexity index is 749. The van der Waals surface area contributed by atoms with Gasteiger partial charge in [0, 0.05) is 13.1 Å². The van der Waals surface area contributed by atoms with Crippen molar-refractivity contribution in [2.75, 3.05) is 12.4 Å². The average molecular weight is 362 g/mol. The molecule has 0 saturated heterocycles. The van der Waals surface area contributed by atoms with Gasteiger partial charge in [0.1, 0.15) is 6.61 Å². The van der Waals surface area contributed by atoms with Crippen LogP contribution in [-0.4, -0.2) is 39.1 Å². The lowest BCUT2D eigenvalue weighted by Gasteiger charge is -2.25. The first-order chi connectivity index (χ1) is 12.1. The maximum absolute atomic E-state index is 11.9. The Kier molecular flexibility index (Phi) is 5.47. The summed E-state index contributed by atoms with van der Waals surface area (Å²) in [6, 6.07) is 7.73. The average Bonchev–Trinajstić information content (AvgIpc) is 3.00. The summed E-state index contributed by atoms with van der Waals surface area (Å²) < 4.78 is 13.6. The van der Waals surface area contributed by atoms with Crippen LogP contribution in [0.1, 0.15) is 32.2 Å². The van der Waals surface area contributed by atoms with Crippen LogP contribution in [0.5, 0.6) is 11.5 Å². The van der Waals surface area contributed by atoms with Crippen LogP contribution in [0, 0.1) is 0 Å². The van der Waals surface area contributed by atoms with E-state index in [0.717, 1.165) is 12.2 Å². The van der Waals surface area contributed by atoms with Crippen molar-refractivity contribution in [1.29, 1.82) is 0 Å². The largest absolute Gasteiger partial charge is 0.485 e. The molecule has 0 aliphatic carbocycles. The number of nitrogens with zero attached hydrogens (tertiary/aromatic N) is 3. The third-order valence-corrected chi connectivity index (χ3v) is 5.04. The number of hydrogen-bond acceptors (Lipinski definition) is 6. The van der Waals surface area contributed by atoms with Crippen molar-refractivity contribution in [2.45, 2.75) is 37.6 Å². The third kappa shape index (κ3) is 4.07. The van der Waals surface area contributed by atoms with Crippen molar-refractivity contribution in [1.82, 2.24) is 20.1 Å². The van der Waals surface area contributed by atoms with Crippen LogP contribution < -0.4 is 14.8 Å². The zero-order valence-corrected chi connectivity index (χ0v) is 15.4. The molecule has 2 atom stereocenters. The van der Waals surface area contributed by atoms with Gasteiger partial charge in [0.15, 0.2) is 28.6 Å². The summed E-state index contributed by atoms with van der Waals surface area (Å²) in [5, 5.41) is 12.0. The van der Waals surface area contributed by atoms with Crippen LogP contribution in [0.3, 0.4) is 0 Å². The second kappa shape index (κ2) is 7.77. The maximum atomic E-state index is 11.9. The van der Waals surface area contributed by atoms with E-state index in [4.69, 9.17) is 9.47 Å². The van der Waals surface area contributed by atoms with Crippen molar-refractivity contribution in [3.05, 3.63) is 30.1 Å². The Morgan fingerprint density at radius 3 is 2.92 bits per heavy atom. The lowest BCUT2D eigenvalue weighted by atomic mass is 10.2. The van der Waals surface area contributed by atoms with Crippen LogP contribution in [-0.2, 0) is 11.8 Å². The molecule has 8 heteroatoms. The van der Waals surface area contributed by atoms with Gasteiger partial charge in [-0.25, -0.2) is 0 Å². The number of fused-ring (bicyclic) bond motifs is 1. The fourth-order valence-electron chi connectivity index (χ4n) is 2.43. The van der Waals surface area contributed by atoms with E-state index in [9.17, 15) is 4.79 Å². The van der Waals surface area contributed by atoms with E-state index in [2.05, 4.69) is 15.5 Å². The fourth-order valence-corrected chi connectivity index (χ4v) is 3.16. The second-order valence-corrected chi connectivity index (χ2v) is 6.87. The minimum Gasteiger partial charge on any atom is -0.485 e. The van der Waals surface area contributed by atoms with Crippen molar-refractivity contribution >= 4 is 17.7 Å². The van der Waals surface area contributed by atoms with Gasteiger partial charge in [-0.1, -0.05) is 30.8 Å². The Morgan fingerprint density at radius 2 is 2.16 bits per heavy atom. The minimum absolute atomic E-state index is 0.00456. The standard InChI is InChI=1S/C17H22N4O3S/c1-4-11(2)18-15(22)10-25-17-20-19-16(21(17)3)14-9-23-12-7-5-6-8-13(12)24-14/h5-8,11,14H,4,9-10H2,1-3H3,(H,18,22). The molecule has 0 fully saturated rings. The Hall–Kier alpha value is -2.22. The molecule has 1 aliphatic heterocycles. The predicted octanol–water partition coefficient (Wildman–Crippen LogP) is 2.33. The first-order valence-corrected chi connectivity index (χ1v) is 9.27. The van der Waals surface area contributed by atoms with Crippen LogP contribution in [0.15, 0.2) is 29.4 Å². The van der Waals surface area contributed by atoms with Crippen LogP contribution in [0.2, 0.25) is 0 Å². The molecule has 1 aliphatic rings. The lowest BCUT2D eigenvalue weighted by molar-refractivity contribution is -0.119. The molecule has 0 bridgehead atoms. The molecule has 25 heavy (non-hydrogen) atoms. The number of rotatable bonds is 6. The van der Waals surface area contributed by atoms with Gasteiger partial charge in [-0.3, -0.25) is 4.79 Å². The Balaban J connectivity index is 1.63. The summed E-state index contributed by atoms with van der Waals surface area (Å²) in [4.78, 5) is 11.9. The molecule has 0 radical (unpaired) electrons. The van der Waals surface area contributed by atoms with Gasteiger partial charge in [0.05, 0.1) is 5.75 Å². The van der Waals surface area contributed by atoms with E-state index in [-0.39, 0.29) is 18.1 Å². The van der Waals surface area contributed by atoms with Gasteiger partial charge >= 0.3 is 0 Å². The van der Waals surface area contributed by atoms with Gasteiger partial charge in [-0.15, -0.1) is 10.2 Å². The SMILES string of the molecule is CCC(C)NC(=O)CSc1nnc(C2COc3ccccc3O2)n1C. The topological polar surface area (TPSA) is 78.3 Å². The highest BCUT2D eigenvalue weighted by atomic mass is 32.2. The van der Waals surface area contributed by atoms with E-state index >= 15 is 0 Å². The monoisotopic (exact) mass is 362 g/mol. The molecule has 1 aromatic carbocycles. The van der Waals surface area contributed by atoms with Crippen molar-refractivity contribution in [3.8, 4) is 11.5 Å². The van der Waals surface area contributed by atoms with Crippen molar-refractivity contribution < 1.29 is 14.3 Å². The van der Waals surface area contributed by atoms with Gasteiger partial charge in [-0.05, 0) is 25.5 Å². The van der Waals surface area contributed by atoms with Gasteiger partial charge in [0.25, 0.3) is 0 Å². The van der Waals surface area contributed by atoms with E-state index < -0.39 is 0 Å². The second-order valence-electron chi connectivity index (χ2n) is 5.93. The molecule has 2 heterocycles. The van der Waals surface area contributed by atoms with Crippen LogP contribution >= 0.6 is 11.8 Å². The van der Waals surface area contributed by atoms with Crippen LogP contribution in [0.4, 0.5) is 0 Å². The van der Waals surface area contributed by atoms with Gasteiger partial charge < -0.3 is 19.4 Å². The number of benzene rings is 1. The number of carbonyl (C=O) groups is 1. The third-order valence-electron chi connectivity index (χ3n) is 4.02. The molecule has 2 unspecified atom stereocenters. The van der Waals surface area contributed by atoms with Gasteiger partial charge in [0.2, 0.25) is 5.91 Å². The van der Waals surface area contributed by atoms with Crippen molar-refractivity contribution in [2.24, 2.45) is 7.05 Å². The Labute approximate surface area is 151 Å². The number of thioether (sulfide) groups is 1. The highest BCUT2D eigenvalue weighted by molar-refractivity contribution is 7.99. The van der Waals surface area contributed by atoms with Gasteiger partial charge in [-0.2, -0.15) is 0 Å². The van der Waals surface area contributed by atoms with E-state index in [1.54, 1.807) is 0 Å². The van der Waals surface area contributed by atoms with E-state index in [1.807, 2.05) is 49.7 Å². The maximum Gasteiger partial charge on any atom is 0.230 e. The molecule has 0 saturated carbocycles. The fraction of sp³-hybridized carbons (Fsp3) is 0.471. The zero-order valence-electron chi connectivity index (χ0n) is 14.6. The van der Waals surface area contributed by atoms with E-state index in [1.165, 1.54) is 11.8 Å². The van der Waals surface area contributed by atoms with Crippen LogP contribution in [0.25, 0.3) is 0 Å². The number of hydrogen-bond donors (Lipinski definition) is 1. The van der Waals surface area contributed by atoms with E-state index in [0.29, 0.717) is 29.1 Å². The normalized spacial score (nSPS) is 17.2.